The number of anilines is 1. The number of hydrogen-bond acceptors (Lipinski definition) is 8. The Balaban J connectivity index is 1.56. The van der Waals surface area contributed by atoms with Gasteiger partial charge < -0.3 is 20.5 Å². The van der Waals surface area contributed by atoms with E-state index in [4.69, 9.17) is 10.2 Å². The third-order valence-electron chi connectivity index (χ3n) is 4.72. The quantitative estimate of drug-likeness (QED) is 0.385. The molecule has 10 nitrogen and oxygen atoms in total. The maximum absolute atomic E-state index is 13.8. The molecule has 0 aliphatic heterocycles. The van der Waals surface area contributed by atoms with Gasteiger partial charge >= 0.3 is 0 Å². The number of pyridine rings is 1. The molecule has 0 unspecified atom stereocenters. The van der Waals surface area contributed by atoms with E-state index in [1.807, 2.05) is 6.07 Å². The highest BCUT2D eigenvalue weighted by atomic mass is 19.1. The zero-order valence-electron chi connectivity index (χ0n) is 16.4. The van der Waals surface area contributed by atoms with Crippen LogP contribution in [-0.4, -0.2) is 35.8 Å². The molecular formula is C21H15FN8O2. The standard InChI is InChI=1S/C21H15FN8O2/c22-12-2-1-5-24-15(12)9-26-20(31)18-19(23)30-17(21-25-6-7-32-21)16(29-18)11-3-4-13-14(8-11)28-10-27-13/h1-8,10H,9H2,(H2,23,30)(H,26,31)(H,27,28). The molecule has 0 aliphatic rings. The van der Waals surface area contributed by atoms with E-state index in [0.29, 0.717) is 16.8 Å². The first-order valence-corrected chi connectivity index (χ1v) is 9.48. The lowest BCUT2D eigenvalue weighted by Gasteiger charge is -2.11. The Morgan fingerprint density at radius 2 is 2.03 bits per heavy atom. The van der Waals surface area contributed by atoms with Crippen molar-refractivity contribution in [2.45, 2.75) is 6.54 Å². The largest absolute Gasteiger partial charge is 0.443 e. The van der Waals surface area contributed by atoms with E-state index < -0.39 is 11.7 Å². The summed E-state index contributed by atoms with van der Waals surface area (Å²) in [6, 6.07) is 8.16. The molecule has 0 saturated heterocycles. The Morgan fingerprint density at radius 3 is 2.84 bits per heavy atom. The summed E-state index contributed by atoms with van der Waals surface area (Å²) < 4.78 is 19.2. The molecule has 4 heterocycles. The summed E-state index contributed by atoms with van der Waals surface area (Å²) >= 11 is 0. The lowest BCUT2D eigenvalue weighted by atomic mass is 10.1. The molecule has 0 atom stereocenters. The fraction of sp³-hybridized carbons (Fsp3) is 0.0476. The van der Waals surface area contributed by atoms with Crippen LogP contribution in [0.25, 0.3) is 33.9 Å². The van der Waals surface area contributed by atoms with Crippen molar-refractivity contribution < 1.29 is 13.6 Å². The maximum atomic E-state index is 13.8. The fourth-order valence-electron chi connectivity index (χ4n) is 3.18. The topological polar surface area (TPSA) is 148 Å². The molecule has 5 aromatic rings. The van der Waals surface area contributed by atoms with E-state index in [1.54, 1.807) is 18.5 Å². The molecule has 158 valence electrons. The minimum atomic E-state index is -0.624. The number of hydrogen-bond donors (Lipinski definition) is 3. The predicted octanol–water partition coefficient (Wildman–Crippen LogP) is 2.72. The summed E-state index contributed by atoms with van der Waals surface area (Å²) in [6.07, 6.45) is 5.88. The molecule has 11 heteroatoms. The van der Waals surface area contributed by atoms with Crippen molar-refractivity contribution in [2.75, 3.05) is 5.73 Å². The molecule has 0 radical (unpaired) electrons. The minimum Gasteiger partial charge on any atom is -0.443 e. The first-order chi connectivity index (χ1) is 15.6. The van der Waals surface area contributed by atoms with Crippen molar-refractivity contribution in [2.24, 2.45) is 0 Å². The van der Waals surface area contributed by atoms with Crippen LogP contribution in [0.5, 0.6) is 0 Å². The Bertz CT molecular complexity index is 1430. The molecular weight excluding hydrogens is 415 g/mol. The van der Waals surface area contributed by atoms with Crippen LogP contribution in [0, 0.1) is 5.82 Å². The van der Waals surface area contributed by atoms with Gasteiger partial charge in [0.2, 0.25) is 5.89 Å². The second-order valence-corrected chi connectivity index (χ2v) is 6.74. The highest BCUT2D eigenvalue weighted by Gasteiger charge is 2.22. The highest BCUT2D eigenvalue weighted by Crippen LogP contribution is 2.31. The Morgan fingerprint density at radius 1 is 1.12 bits per heavy atom. The zero-order valence-corrected chi connectivity index (χ0v) is 16.4. The summed E-state index contributed by atoms with van der Waals surface area (Å²) in [7, 11) is 0. The van der Waals surface area contributed by atoms with Gasteiger partial charge in [-0.1, -0.05) is 6.07 Å². The van der Waals surface area contributed by atoms with Crippen LogP contribution in [0.2, 0.25) is 0 Å². The molecule has 0 spiro atoms. The van der Waals surface area contributed by atoms with Crippen molar-refractivity contribution >= 4 is 22.8 Å². The van der Waals surface area contributed by atoms with Crippen molar-refractivity contribution in [3.05, 3.63) is 72.5 Å². The average Bonchev–Trinajstić information content (AvgIpc) is 3.50. The van der Waals surface area contributed by atoms with Crippen LogP contribution < -0.4 is 11.1 Å². The third kappa shape index (κ3) is 3.51. The molecule has 0 fully saturated rings. The van der Waals surface area contributed by atoms with Crippen molar-refractivity contribution in [1.29, 1.82) is 0 Å². The maximum Gasteiger partial charge on any atom is 0.274 e. The van der Waals surface area contributed by atoms with Crippen LogP contribution in [0.1, 0.15) is 16.2 Å². The fourth-order valence-corrected chi connectivity index (χ4v) is 3.18. The van der Waals surface area contributed by atoms with E-state index in [9.17, 15) is 9.18 Å². The zero-order chi connectivity index (χ0) is 22.1. The lowest BCUT2D eigenvalue weighted by molar-refractivity contribution is 0.0946. The molecule has 0 bridgehead atoms. The first kappa shape index (κ1) is 19.3. The summed E-state index contributed by atoms with van der Waals surface area (Å²) in [4.78, 5) is 36.9. The molecule has 32 heavy (non-hydrogen) atoms. The number of carbonyl (C=O) groups is 1. The monoisotopic (exact) mass is 430 g/mol. The molecule has 1 aromatic carbocycles. The number of H-pyrrole nitrogens is 1. The Labute approximate surface area is 179 Å². The number of aromatic nitrogens is 6. The normalized spacial score (nSPS) is 11.0. The summed E-state index contributed by atoms with van der Waals surface area (Å²) in [6.45, 7) is -0.136. The van der Waals surface area contributed by atoms with Gasteiger partial charge in [-0.05, 0) is 24.3 Å². The van der Waals surface area contributed by atoms with Crippen molar-refractivity contribution in [3.8, 4) is 22.8 Å². The van der Waals surface area contributed by atoms with Gasteiger partial charge in [0.15, 0.2) is 17.2 Å². The smallest absolute Gasteiger partial charge is 0.274 e. The Hall–Kier alpha value is -4.67. The van der Waals surface area contributed by atoms with Gasteiger partial charge in [0.1, 0.15) is 17.8 Å². The predicted molar refractivity (Wildman–Crippen MR) is 112 cm³/mol. The van der Waals surface area contributed by atoms with Crippen LogP contribution in [0.4, 0.5) is 10.2 Å². The van der Waals surface area contributed by atoms with Crippen LogP contribution >= 0.6 is 0 Å². The summed E-state index contributed by atoms with van der Waals surface area (Å²) in [5, 5.41) is 2.57. The number of nitrogens with zero attached hydrogens (tertiary/aromatic N) is 5. The second-order valence-electron chi connectivity index (χ2n) is 6.74. The Kier molecular flexibility index (Phi) is 4.75. The van der Waals surface area contributed by atoms with Gasteiger partial charge in [-0.3, -0.25) is 9.78 Å². The average molecular weight is 430 g/mol. The number of halogens is 1. The van der Waals surface area contributed by atoms with E-state index in [0.717, 1.165) is 5.52 Å². The van der Waals surface area contributed by atoms with Crippen LogP contribution in [0.15, 0.2) is 59.7 Å². The van der Waals surface area contributed by atoms with Gasteiger partial charge in [0.05, 0.1) is 35.8 Å². The first-order valence-electron chi connectivity index (χ1n) is 9.48. The number of benzene rings is 1. The van der Waals surface area contributed by atoms with Crippen molar-refractivity contribution in [1.82, 2.24) is 35.2 Å². The van der Waals surface area contributed by atoms with E-state index in [2.05, 4.69) is 35.2 Å². The van der Waals surface area contributed by atoms with E-state index in [-0.39, 0.29) is 35.3 Å². The van der Waals surface area contributed by atoms with Crippen LogP contribution in [-0.2, 0) is 6.54 Å². The van der Waals surface area contributed by atoms with Crippen LogP contribution in [0.3, 0.4) is 0 Å². The third-order valence-corrected chi connectivity index (χ3v) is 4.72. The lowest BCUT2D eigenvalue weighted by Crippen LogP contribution is -2.26. The number of oxazole rings is 1. The number of fused-ring (bicyclic) bond motifs is 1. The van der Waals surface area contributed by atoms with E-state index in [1.165, 1.54) is 30.8 Å². The number of nitrogen functional groups attached to an aromatic ring is 1. The molecule has 0 aliphatic carbocycles. The van der Waals surface area contributed by atoms with Gasteiger partial charge in [-0.15, -0.1) is 0 Å². The number of amides is 1. The molecule has 4 aromatic heterocycles. The summed E-state index contributed by atoms with van der Waals surface area (Å²) in [5.74, 6) is -1.08. The number of aromatic amines is 1. The van der Waals surface area contributed by atoms with Gasteiger partial charge in [0.25, 0.3) is 5.91 Å². The SMILES string of the molecule is Nc1nc(-c2ncco2)c(-c2ccc3[nH]cnc3c2)nc1C(=O)NCc1ncccc1F. The number of nitrogens with two attached hydrogens (primary N) is 1. The minimum absolute atomic E-state index is 0.0907. The van der Waals surface area contributed by atoms with Gasteiger partial charge in [-0.2, -0.15) is 0 Å². The van der Waals surface area contributed by atoms with E-state index >= 15 is 0 Å². The molecule has 1 amide bonds. The number of imidazole rings is 1. The second kappa shape index (κ2) is 7.87. The summed E-state index contributed by atoms with van der Waals surface area (Å²) in [5.41, 5.74) is 8.80. The molecule has 5 rings (SSSR count). The molecule has 4 N–H and O–H groups in total. The number of nitrogens with one attached hydrogen (secondary N) is 2. The number of carbonyl (C=O) groups excluding carboxylic acids is 1. The van der Waals surface area contributed by atoms with Crippen molar-refractivity contribution in [3.63, 3.8) is 0 Å². The van der Waals surface area contributed by atoms with Gasteiger partial charge in [0, 0.05) is 11.8 Å². The number of rotatable bonds is 5. The van der Waals surface area contributed by atoms with Gasteiger partial charge in [-0.25, -0.2) is 24.3 Å². The highest BCUT2D eigenvalue weighted by molar-refractivity contribution is 5.98. The molecule has 0 saturated carbocycles.